The van der Waals surface area contributed by atoms with Crippen LogP contribution in [0.2, 0.25) is 0 Å². The van der Waals surface area contributed by atoms with Crippen LogP contribution in [0.3, 0.4) is 0 Å². The van der Waals surface area contributed by atoms with Crippen LogP contribution in [0.1, 0.15) is 26.3 Å². The molecule has 0 aliphatic rings. The molecule has 1 rings (SSSR count). The molecule has 5 heteroatoms. The maximum absolute atomic E-state index is 11.7. The van der Waals surface area contributed by atoms with Gasteiger partial charge in [0, 0.05) is 17.1 Å². The fraction of sp³-hybridized carbons (Fsp3) is 0.267. The summed E-state index contributed by atoms with van der Waals surface area (Å²) in [6.07, 6.45) is 0.855. The number of carboxylic acid groups (broad SMARTS) is 1. The second-order valence-electron chi connectivity index (χ2n) is 5.28. The van der Waals surface area contributed by atoms with Crippen molar-refractivity contribution in [2.75, 3.05) is 0 Å². The topological polar surface area (TPSA) is 86.3 Å². The van der Waals surface area contributed by atoms with Crippen molar-refractivity contribution in [1.29, 1.82) is 0 Å². The summed E-state index contributed by atoms with van der Waals surface area (Å²) in [5, 5.41) is 13.2. The lowest BCUT2D eigenvalue weighted by atomic mass is 9.95. The monoisotopic (exact) mass is 274 g/mol. The Balaban J connectivity index is 2.97. The molecule has 5 nitrogen and oxygen atoms in total. The maximum atomic E-state index is 11.7. The van der Waals surface area contributed by atoms with E-state index >= 15 is 0 Å². The third kappa shape index (κ3) is 4.35. The third-order valence-corrected chi connectivity index (χ3v) is 2.50. The van der Waals surface area contributed by atoms with Gasteiger partial charge >= 0.3 is 0 Å². The average molecular weight is 274 g/mol. The van der Waals surface area contributed by atoms with Crippen molar-refractivity contribution >= 4 is 23.4 Å². The van der Waals surface area contributed by atoms with Crippen LogP contribution >= 0.6 is 0 Å². The van der Waals surface area contributed by atoms with Gasteiger partial charge in [0.05, 0.1) is 5.97 Å². The molecule has 0 radical (unpaired) electrons. The summed E-state index contributed by atoms with van der Waals surface area (Å²) in [6.45, 7) is 4.95. The van der Waals surface area contributed by atoms with Gasteiger partial charge in [-0.25, -0.2) is 0 Å². The number of nitrogens with one attached hydrogen (secondary N) is 1. The van der Waals surface area contributed by atoms with Crippen molar-refractivity contribution in [3.63, 3.8) is 0 Å². The Morgan fingerprint density at radius 3 is 2.10 bits per heavy atom. The Morgan fingerprint density at radius 2 is 1.65 bits per heavy atom. The highest BCUT2D eigenvalue weighted by molar-refractivity contribution is 6.20. The predicted molar refractivity (Wildman–Crippen MR) is 72.0 cm³/mol. The second-order valence-corrected chi connectivity index (χ2v) is 5.28. The molecule has 0 saturated carbocycles. The van der Waals surface area contributed by atoms with E-state index in [1.54, 1.807) is 51.1 Å². The minimum absolute atomic E-state index is 0.273. The highest BCUT2D eigenvalue weighted by Crippen LogP contribution is 2.14. The van der Waals surface area contributed by atoms with E-state index in [9.17, 15) is 19.5 Å². The summed E-state index contributed by atoms with van der Waals surface area (Å²) in [5.74, 6) is -2.74. The van der Waals surface area contributed by atoms with Gasteiger partial charge in [0.2, 0.25) is 5.91 Å². The van der Waals surface area contributed by atoms with Gasteiger partial charge in [-0.3, -0.25) is 14.9 Å². The Kier molecular flexibility index (Phi) is 4.80. The van der Waals surface area contributed by atoms with Gasteiger partial charge in [-0.15, -0.1) is 0 Å². The molecule has 1 N–H and O–H groups in total. The lowest BCUT2D eigenvalue weighted by molar-refractivity contribution is -0.295. The Morgan fingerprint density at radius 1 is 1.10 bits per heavy atom. The fourth-order valence-corrected chi connectivity index (χ4v) is 1.34. The summed E-state index contributed by atoms with van der Waals surface area (Å²) >= 11 is 0. The molecule has 1 aromatic rings. The van der Waals surface area contributed by atoms with E-state index in [0.717, 1.165) is 6.08 Å². The van der Waals surface area contributed by atoms with Gasteiger partial charge in [0.15, 0.2) is 0 Å². The van der Waals surface area contributed by atoms with Gasteiger partial charge in [-0.1, -0.05) is 51.1 Å². The standard InChI is InChI=1S/C15H17NO4/c1-15(2,3)14(20)16-12(17)9-11(13(18)19)10-7-5-4-6-8-10/h4-9H,1-3H3,(H,18,19)(H,16,17,20)/p-1/b11-9+. The molecule has 0 saturated heterocycles. The summed E-state index contributed by atoms with van der Waals surface area (Å²) in [4.78, 5) is 34.4. The minimum Gasteiger partial charge on any atom is -0.545 e. The molecule has 0 aromatic heterocycles. The van der Waals surface area contributed by atoms with E-state index < -0.39 is 23.2 Å². The SMILES string of the molecule is CC(C)(C)C(=O)NC(=O)/C=C(/C(=O)[O-])c1ccccc1. The first-order valence-electron chi connectivity index (χ1n) is 6.05. The zero-order valence-electron chi connectivity index (χ0n) is 11.6. The van der Waals surface area contributed by atoms with Gasteiger partial charge in [0.25, 0.3) is 5.91 Å². The molecule has 0 aliphatic carbocycles. The molecular weight excluding hydrogens is 258 g/mol. The summed E-state index contributed by atoms with van der Waals surface area (Å²) in [5.41, 5.74) is -0.673. The molecule has 0 aliphatic heterocycles. The molecule has 20 heavy (non-hydrogen) atoms. The molecule has 0 heterocycles. The number of hydrogen-bond donors (Lipinski definition) is 1. The van der Waals surface area contributed by atoms with Crippen molar-refractivity contribution < 1.29 is 19.5 Å². The lowest BCUT2D eigenvalue weighted by Gasteiger charge is -2.16. The van der Waals surface area contributed by atoms with Gasteiger partial charge in [-0.05, 0) is 5.56 Å². The molecule has 106 valence electrons. The summed E-state index contributed by atoms with van der Waals surface area (Å²) < 4.78 is 0. The van der Waals surface area contributed by atoms with Crippen molar-refractivity contribution in [2.24, 2.45) is 5.41 Å². The molecule has 0 atom stereocenters. The zero-order valence-corrected chi connectivity index (χ0v) is 11.6. The van der Waals surface area contributed by atoms with E-state index in [1.807, 2.05) is 0 Å². The number of carbonyl (C=O) groups excluding carboxylic acids is 3. The van der Waals surface area contributed by atoms with E-state index in [-0.39, 0.29) is 5.57 Å². The van der Waals surface area contributed by atoms with Crippen molar-refractivity contribution in [3.8, 4) is 0 Å². The lowest BCUT2D eigenvalue weighted by Crippen LogP contribution is -2.38. The quantitative estimate of drug-likeness (QED) is 0.814. The van der Waals surface area contributed by atoms with E-state index in [4.69, 9.17) is 0 Å². The highest BCUT2D eigenvalue weighted by Gasteiger charge is 2.22. The van der Waals surface area contributed by atoms with Gasteiger partial charge < -0.3 is 9.90 Å². The number of hydrogen-bond acceptors (Lipinski definition) is 4. The van der Waals surface area contributed by atoms with Crippen LogP contribution in [0.5, 0.6) is 0 Å². The highest BCUT2D eigenvalue weighted by atomic mass is 16.4. The average Bonchev–Trinajstić information content (AvgIpc) is 2.35. The first-order chi connectivity index (χ1) is 9.21. The molecule has 2 amide bonds. The molecule has 0 unspecified atom stereocenters. The number of rotatable bonds is 3. The molecular formula is C15H16NO4-. The van der Waals surface area contributed by atoms with Crippen molar-refractivity contribution in [2.45, 2.75) is 20.8 Å². The van der Waals surface area contributed by atoms with Crippen LogP contribution in [0.25, 0.3) is 5.57 Å². The van der Waals surface area contributed by atoms with Crippen LogP contribution in [0, 0.1) is 5.41 Å². The van der Waals surface area contributed by atoms with Gasteiger partial charge in [-0.2, -0.15) is 0 Å². The molecule has 0 fully saturated rings. The van der Waals surface area contributed by atoms with Crippen molar-refractivity contribution in [1.82, 2.24) is 5.32 Å². The minimum atomic E-state index is -1.48. The van der Waals surface area contributed by atoms with Crippen LogP contribution in [0.4, 0.5) is 0 Å². The van der Waals surface area contributed by atoms with Crippen LogP contribution in [-0.4, -0.2) is 17.8 Å². The number of imide groups is 1. The molecule has 0 spiro atoms. The number of aliphatic carboxylic acids is 1. The predicted octanol–water partition coefficient (Wildman–Crippen LogP) is 0.509. The Bertz CT molecular complexity index is 553. The van der Waals surface area contributed by atoms with E-state index in [1.165, 1.54) is 0 Å². The normalized spacial score (nSPS) is 11.8. The zero-order chi connectivity index (χ0) is 15.3. The van der Waals surface area contributed by atoms with E-state index in [0.29, 0.717) is 5.56 Å². The number of amides is 2. The first-order valence-corrected chi connectivity index (χ1v) is 6.05. The first kappa shape index (κ1) is 15.6. The second kappa shape index (κ2) is 6.14. The third-order valence-electron chi connectivity index (χ3n) is 2.50. The van der Waals surface area contributed by atoms with Crippen LogP contribution in [0.15, 0.2) is 36.4 Å². The Labute approximate surface area is 117 Å². The van der Waals surface area contributed by atoms with E-state index in [2.05, 4.69) is 5.32 Å². The smallest absolute Gasteiger partial charge is 0.251 e. The molecule has 1 aromatic carbocycles. The summed E-state index contributed by atoms with van der Waals surface area (Å²) in [7, 11) is 0. The van der Waals surface area contributed by atoms with Crippen LogP contribution < -0.4 is 10.4 Å². The summed E-state index contributed by atoms with van der Waals surface area (Å²) in [6, 6.07) is 8.09. The Hall–Kier alpha value is -2.43. The maximum Gasteiger partial charge on any atom is 0.251 e. The fourth-order valence-electron chi connectivity index (χ4n) is 1.34. The number of carboxylic acids is 1. The number of benzene rings is 1. The van der Waals surface area contributed by atoms with Crippen molar-refractivity contribution in [3.05, 3.63) is 42.0 Å². The van der Waals surface area contributed by atoms with Crippen LogP contribution in [-0.2, 0) is 14.4 Å². The molecule has 0 bridgehead atoms. The largest absolute Gasteiger partial charge is 0.545 e. The number of carbonyl (C=O) groups is 3. The van der Waals surface area contributed by atoms with Gasteiger partial charge in [0.1, 0.15) is 0 Å².